The minimum Gasteiger partial charge on any atom is -0.497 e. The van der Waals surface area contributed by atoms with Gasteiger partial charge in [0.15, 0.2) is 0 Å². The van der Waals surface area contributed by atoms with Crippen molar-refractivity contribution in [1.29, 1.82) is 0 Å². The van der Waals surface area contributed by atoms with E-state index in [1.165, 1.54) is 0 Å². The lowest BCUT2D eigenvalue weighted by atomic mass is 10.1. The van der Waals surface area contributed by atoms with Gasteiger partial charge in [0.25, 0.3) is 0 Å². The highest BCUT2D eigenvalue weighted by molar-refractivity contribution is 5.37. The maximum absolute atomic E-state index is 9.93. The SMILES string of the molecule is COc1ccc(C(O)C#Cc2ccccc2)cc1. The van der Waals surface area contributed by atoms with Crippen LogP contribution in [0.1, 0.15) is 17.2 Å². The minimum absolute atomic E-state index is 0.763. The van der Waals surface area contributed by atoms with Crippen molar-refractivity contribution >= 4 is 0 Å². The Kier molecular flexibility index (Phi) is 4.01. The summed E-state index contributed by atoms with van der Waals surface area (Å²) in [7, 11) is 1.61. The molecule has 0 radical (unpaired) electrons. The van der Waals surface area contributed by atoms with Gasteiger partial charge in [0, 0.05) is 5.56 Å². The van der Waals surface area contributed by atoms with Crippen LogP contribution in [0.5, 0.6) is 5.75 Å². The van der Waals surface area contributed by atoms with Gasteiger partial charge in [-0.05, 0) is 29.8 Å². The molecule has 1 unspecified atom stereocenters. The topological polar surface area (TPSA) is 29.5 Å². The second kappa shape index (κ2) is 5.90. The van der Waals surface area contributed by atoms with Crippen molar-refractivity contribution in [3.05, 3.63) is 65.7 Å². The molecular formula is C16H14O2. The van der Waals surface area contributed by atoms with Gasteiger partial charge in [-0.3, -0.25) is 0 Å². The molecule has 90 valence electrons. The van der Waals surface area contributed by atoms with Crippen LogP contribution >= 0.6 is 0 Å². The number of benzene rings is 2. The molecule has 0 aliphatic rings. The molecule has 2 rings (SSSR count). The maximum Gasteiger partial charge on any atom is 0.140 e. The van der Waals surface area contributed by atoms with Gasteiger partial charge in [0.2, 0.25) is 0 Å². The van der Waals surface area contributed by atoms with E-state index in [0.717, 1.165) is 16.9 Å². The summed E-state index contributed by atoms with van der Waals surface area (Å²) in [5.74, 6) is 6.52. The first kappa shape index (κ1) is 12.2. The van der Waals surface area contributed by atoms with E-state index in [1.807, 2.05) is 54.6 Å². The molecule has 0 aliphatic carbocycles. The van der Waals surface area contributed by atoms with Gasteiger partial charge in [0.05, 0.1) is 7.11 Å². The van der Waals surface area contributed by atoms with E-state index in [2.05, 4.69) is 11.8 Å². The molecule has 0 heterocycles. The summed E-state index contributed by atoms with van der Waals surface area (Å²) in [6.45, 7) is 0. The van der Waals surface area contributed by atoms with Crippen LogP contribution in [0.25, 0.3) is 0 Å². The van der Waals surface area contributed by atoms with E-state index in [4.69, 9.17) is 4.74 Å². The summed E-state index contributed by atoms with van der Waals surface area (Å²) in [5, 5.41) is 9.93. The summed E-state index contributed by atoms with van der Waals surface area (Å²) in [5.41, 5.74) is 1.66. The highest BCUT2D eigenvalue weighted by Crippen LogP contribution is 2.16. The number of hydrogen-bond donors (Lipinski definition) is 1. The third kappa shape index (κ3) is 3.13. The number of ether oxygens (including phenoxy) is 1. The number of methoxy groups -OCH3 is 1. The first-order chi connectivity index (χ1) is 8.79. The van der Waals surface area contributed by atoms with E-state index >= 15 is 0 Å². The molecule has 2 aromatic rings. The average molecular weight is 238 g/mol. The van der Waals surface area contributed by atoms with Crippen LogP contribution in [0.4, 0.5) is 0 Å². The fraction of sp³-hybridized carbons (Fsp3) is 0.125. The molecule has 0 saturated heterocycles. The van der Waals surface area contributed by atoms with Gasteiger partial charge in [-0.25, -0.2) is 0 Å². The fourth-order valence-electron chi connectivity index (χ4n) is 1.54. The number of aliphatic hydroxyl groups excluding tert-OH is 1. The van der Waals surface area contributed by atoms with Crippen molar-refractivity contribution in [3.63, 3.8) is 0 Å². The van der Waals surface area contributed by atoms with Crippen LogP contribution in [0.15, 0.2) is 54.6 Å². The smallest absolute Gasteiger partial charge is 0.140 e. The Hall–Kier alpha value is -2.24. The van der Waals surface area contributed by atoms with Crippen LogP contribution in [0.2, 0.25) is 0 Å². The lowest BCUT2D eigenvalue weighted by Gasteiger charge is -2.04. The quantitative estimate of drug-likeness (QED) is 0.815. The number of aliphatic hydroxyl groups is 1. The van der Waals surface area contributed by atoms with Crippen molar-refractivity contribution < 1.29 is 9.84 Å². The van der Waals surface area contributed by atoms with Gasteiger partial charge in [-0.2, -0.15) is 0 Å². The van der Waals surface area contributed by atoms with E-state index in [1.54, 1.807) is 7.11 Å². The maximum atomic E-state index is 9.93. The summed E-state index contributed by atoms with van der Waals surface area (Å²) in [6.07, 6.45) is -0.781. The standard InChI is InChI=1S/C16H14O2/c1-18-15-10-8-14(9-11-15)16(17)12-7-13-5-3-2-4-6-13/h2-6,8-11,16-17H,1H3. The molecule has 2 aromatic carbocycles. The molecule has 2 nitrogen and oxygen atoms in total. The molecule has 0 fully saturated rings. The summed E-state index contributed by atoms with van der Waals surface area (Å²) >= 11 is 0. The Balaban J connectivity index is 2.12. The lowest BCUT2D eigenvalue weighted by molar-refractivity contribution is 0.238. The zero-order valence-electron chi connectivity index (χ0n) is 10.1. The van der Waals surface area contributed by atoms with Gasteiger partial charge in [0.1, 0.15) is 11.9 Å². The van der Waals surface area contributed by atoms with Crippen LogP contribution in [0.3, 0.4) is 0 Å². The largest absolute Gasteiger partial charge is 0.497 e. The van der Waals surface area contributed by atoms with E-state index in [-0.39, 0.29) is 0 Å². The normalized spacial score (nSPS) is 11.2. The van der Waals surface area contributed by atoms with Gasteiger partial charge in [-0.15, -0.1) is 0 Å². The Morgan fingerprint density at radius 3 is 2.28 bits per heavy atom. The van der Waals surface area contributed by atoms with E-state index in [0.29, 0.717) is 0 Å². The van der Waals surface area contributed by atoms with Crippen molar-refractivity contribution in [2.24, 2.45) is 0 Å². The predicted molar refractivity (Wildman–Crippen MR) is 71.3 cm³/mol. The number of rotatable bonds is 2. The Morgan fingerprint density at radius 2 is 1.67 bits per heavy atom. The molecule has 0 spiro atoms. The molecule has 0 aliphatic heterocycles. The Morgan fingerprint density at radius 1 is 1.00 bits per heavy atom. The fourth-order valence-corrected chi connectivity index (χ4v) is 1.54. The monoisotopic (exact) mass is 238 g/mol. The van der Waals surface area contributed by atoms with Crippen LogP contribution in [0, 0.1) is 11.8 Å². The van der Waals surface area contributed by atoms with Crippen LogP contribution in [-0.4, -0.2) is 12.2 Å². The molecule has 0 bridgehead atoms. The van der Waals surface area contributed by atoms with E-state index in [9.17, 15) is 5.11 Å². The molecule has 0 saturated carbocycles. The van der Waals surface area contributed by atoms with Crippen LogP contribution < -0.4 is 4.74 Å². The highest BCUT2D eigenvalue weighted by atomic mass is 16.5. The summed E-state index contributed by atoms with van der Waals surface area (Å²) in [6, 6.07) is 16.8. The van der Waals surface area contributed by atoms with Crippen molar-refractivity contribution in [2.75, 3.05) is 7.11 Å². The number of hydrogen-bond acceptors (Lipinski definition) is 2. The molecule has 0 amide bonds. The summed E-state index contributed by atoms with van der Waals surface area (Å²) < 4.78 is 5.06. The van der Waals surface area contributed by atoms with Gasteiger partial charge < -0.3 is 9.84 Å². The van der Waals surface area contributed by atoms with Gasteiger partial charge in [-0.1, -0.05) is 42.2 Å². The summed E-state index contributed by atoms with van der Waals surface area (Å²) in [4.78, 5) is 0. The second-order valence-electron chi connectivity index (χ2n) is 3.81. The highest BCUT2D eigenvalue weighted by Gasteiger charge is 2.03. The Labute approximate surface area is 107 Å². The van der Waals surface area contributed by atoms with Crippen molar-refractivity contribution in [1.82, 2.24) is 0 Å². The zero-order valence-corrected chi connectivity index (χ0v) is 10.1. The zero-order chi connectivity index (χ0) is 12.8. The molecule has 1 atom stereocenters. The van der Waals surface area contributed by atoms with Crippen molar-refractivity contribution in [3.8, 4) is 17.6 Å². The second-order valence-corrected chi connectivity index (χ2v) is 3.81. The Bertz CT molecular complexity index is 547. The lowest BCUT2D eigenvalue weighted by Crippen LogP contribution is -1.93. The molecule has 18 heavy (non-hydrogen) atoms. The molecule has 2 heteroatoms. The van der Waals surface area contributed by atoms with Crippen LogP contribution in [-0.2, 0) is 0 Å². The van der Waals surface area contributed by atoms with Crippen molar-refractivity contribution in [2.45, 2.75) is 6.10 Å². The van der Waals surface area contributed by atoms with Gasteiger partial charge >= 0.3 is 0 Å². The average Bonchev–Trinajstić information content (AvgIpc) is 2.46. The van der Waals surface area contributed by atoms with E-state index < -0.39 is 6.10 Å². The minimum atomic E-state index is -0.781. The first-order valence-corrected chi connectivity index (χ1v) is 5.68. The molecule has 0 aromatic heterocycles. The third-order valence-corrected chi connectivity index (χ3v) is 2.56. The predicted octanol–water partition coefficient (Wildman–Crippen LogP) is 2.78. The first-order valence-electron chi connectivity index (χ1n) is 5.68. The third-order valence-electron chi connectivity index (χ3n) is 2.56. The molecular weight excluding hydrogens is 224 g/mol. The molecule has 1 N–H and O–H groups in total.